The van der Waals surface area contributed by atoms with Gasteiger partial charge in [0.15, 0.2) is 5.82 Å². The number of nitrogens with zero attached hydrogens (tertiary/aromatic N) is 2. The van der Waals surface area contributed by atoms with Gasteiger partial charge in [-0.15, -0.1) is 0 Å². The second kappa shape index (κ2) is 3.89. The van der Waals surface area contributed by atoms with Gasteiger partial charge in [-0.2, -0.15) is 0 Å². The number of rotatable bonds is 3. The van der Waals surface area contributed by atoms with Gasteiger partial charge in [0.2, 0.25) is 0 Å². The molecule has 2 aromatic heterocycles. The van der Waals surface area contributed by atoms with E-state index in [2.05, 4.69) is 15.5 Å². The number of nitrogens with two attached hydrogens (primary N) is 1. The number of nitrogens with one attached hydrogen (secondary N) is 1. The maximum Gasteiger partial charge on any atom is 0.179 e. The fraction of sp³-hybridized carbons (Fsp3) is 0.111. The molecule has 0 spiro atoms. The summed E-state index contributed by atoms with van der Waals surface area (Å²) < 4.78 is 4.79. The molecule has 14 heavy (non-hydrogen) atoms. The molecule has 2 aromatic rings. The second-order valence-electron chi connectivity index (χ2n) is 2.73. The standard InChI is InChI=1S/C9H10N4O/c10-5-7-6-14-13-9(7)12-8-3-1-2-4-11-8/h1-4,6H,5,10H2,(H,11,12,13). The fourth-order valence-electron chi connectivity index (χ4n) is 1.06. The Morgan fingerprint density at radius 1 is 1.43 bits per heavy atom. The van der Waals surface area contributed by atoms with Gasteiger partial charge in [-0.3, -0.25) is 0 Å². The normalized spacial score (nSPS) is 10.1. The van der Waals surface area contributed by atoms with Gasteiger partial charge in [0.05, 0.1) is 0 Å². The molecule has 5 heteroatoms. The van der Waals surface area contributed by atoms with E-state index in [1.165, 1.54) is 6.26 Å². The Labute approximate surface area is 80.9 Å². The molecular weight excluding hydrogens is 180 g/mol. The summed E-state index contributed by atoms with van der Waals surface area (Å²) in [6, 6.07) is 5.57. The summed E-state index contributed by atoms with van der Waals surface area (Å²) in [7, 11) is 0. The van der Waals surface area contributed by atoms with Crippen molar-refractivity contribution in [1.29, 1.82) is 0 Å². The highest BCUT2D eigenvalue weighted by molar-refractivity contribution is 5.54. The van der Waals surface area contributed by atoms with Crippen LogP contribution in [-0.4, -0.2) is 10.1 Å². The molecule has 72 valence electrons. The Kier molecular flexibility index (Phi) is 2.42. The van der Waals surface area contributed by atoms with Gasteiger partial charge in [0.25, 0.3) is 0 Å². The summed E-state index contributed by atoms with van der Waals surface area (Å²) in [5.41, 5.74) is 6.32. The molecule has 0 fully saturated rings. The lowest BCUT2D eigenvalue weighted by atomic mass is 10.3. The average Bonchev–Trinajstić information content (AvgIpc) is 2.67. The topological polar surface area (TPSA) is 77.0 Å². The third-order valence-electron chi connectivity index (χ3n) is 1.77. The van der Waals surface area contributed by atoms with Crippen molar-refractivity contribution in [2.45, 2.75) is 6.54 Å². The van der Waals surface area contributed by atoms with E-state index in [4.69, 9.17) is 10.3 Å². The van der Waals surface area contributed by atoms with Crippen LogP contribution in [0.15, 0.2) is 35.2 Å². The van der Waals surface area contributed by atoms with Gasteiger partial charge < -0.3 is 15.6 Å². The number of aromatic nitrogens is 2. The molecule has 0 aliphatic rings. The first-order chi connectivity index (χ1) is 6.90. The van der Waals surface area contributed by atoms with Crippen LogP contribution in [0.3, 0.4) is 0 Å². The lowest BCUT2D eigenvalue weighted by Gasteiger charge is -2.01. The van der Waals surface area contributed by atoms with Crippen LogP contribution in [0.4, 0.5) is 11.6 Å². The van der Waals surface area contributed by atoms with Crippen molar-refractivity contribution in [3.8, 4) is 0 Å². The summed E-state index contributed by atoms with van der Waals surface area (Å²) in [6.07, 6.45) is 3.22. The van der Waals surface area contributed by atoms with Crippen molar-refractivity contribution in [2.75, 3.05) is 5.32 Å². The van der Waals surface area contributed by atoms with Crippen molar-refractivity contribution in [2.24, 2.45) is 5.73 Å². The van der Waals surface area contributed by atoms with Gasteiger partial charge in [-0.25, -0.2) is 4.98 Å². The highest BCUT2D eigenvalue weighted by atomic mass is 16.5. The maximum absolute atomic E-state index is 5.49. The van der Waals surface area contributed by atoms with E-state index >= 15 is 0 Å². The van der Waals surface area contributed by atoms with Crippen LogP contribution < -0.4 is 11.1 Å². The minimum absolute atomic E-state index is 0.388. The number of anilines is 2. The Balaban J connectivity index is 2.19. The predicted molar refractivity (Wildman–Crippen MR) is 51.9 cm³/mol. The molecule has 0 aliphatic heterocycles. The molecule has 0 bridgehead atoms. The summed E-state index contributed by atoms with van der Waals surface area (Å²) in [6.45, 7) is 0.388. The molecule has 0 saturated carbocycles. The van der Waals surface area contributed by atoms with Crippen LogP contribution in [0.25, 0.3) is 0 Å². The second-order valence-corrected chi connectivity index (χ2v) is 2.73. The molecule has 2 rings (SSSR count). The van der Waals surface area contributed by atoms with E-state index in [0.29, 0.717) is 12.4 Å². The lowest BCUT2D eigenvalue weighted by Crippen LogP contribution is -2.00. The highest BCUT2D eigenvalue weighted by Crippen LogP contribution is 2.16. The van der Waals surface area contributed by atoms with Crippen LogP contribution in [0.2, 0.25) is 0 Å². The summed E-state index contributed by atoms with van der Waals surface area (Å²) in [5, 5.41) is 6.78. The SMILES string of the molecule is NCc1conc1Nc1ccccn1. The largest absolute Gasteiger partial charge is 0.362 e. The van der Waals surface area contributed by atoms with Gasteiger partial charge in [-0.05, 0) is 12.1 Å². The van der Waals surface area contributed by atoms with Crippen molar-refractivity contribution >= 4 is 11.6 Å². The zero-order valence-electron chi connectivity index (χ0n) is 7.47. The molecule has 0 aromatic carbocycles. The Hall–Kier alpha value is -1.88. The van der Waals surface area contributed by atoms with Crippen molar-refractivity contribution in [3.05, 3.63) is 36.2 Å². The first-order valence-electron chi connectivity index (χ1n) is 4.21. The molecule has 0 saturated heterocycles. The Morgan fingerprint density at radius 3 is 3.07 bits per heavy atom. The molecule has 0 aliphatic carbocycles. The quantitative estimate of drug-likeness (QED) is 0.762. The maximum atomic E-state index is 5.49. The van der Waals surface area contributed by atoms with Gasteiger partial charge in [0, 0.05) is 18.3 Å². The monoisotopic (exact) mass is 190 g/mol. The molecule has 2 heterocycles. The lowest BCUT2D eigenvalue weighted by molar-refractivity contribution is 0.422. The van der Waals surface area contributed by atoms with Gasteiger partial charge >= 0.3 is 0 Å². The molecular formula is C9H10N4O. The van der Waals surface area contributed by atoms with Crippen LogP contribution >= 0.6 is 0 Å². The molecule has 0 atom stereocenters. The van der Waals surface area contributed by atoms with Crippen molar-refractivity contribution < 1.29 is 4.52 Å². The molecule has 5 nitrogen and oxygen atoms in total. The Bertz CT molecular complexity index is 398. The zero-order valence-corrected chi connectivity index (χ0v) is 7.47. The summed E-state index contributed by atoms with van der Waals surface area (Å²) in [5.74, 6) is 1.34. The highest BCUT2D eigenvalue weighted by Gasteiger charge is 2.05. The summed E-state index contributed by atoms with van der Waals surface area (Å²) >= 11 is 0. The number of pyridine rings is 1. The van der Waals surface area contributed by atoms with E-state index in [1.54, 1.807) is 6.20 Å². The van der Waals surface area contributed by atoms with E-state index in [1.807, 2.05) is 18.2 Å². The van der Waals surface area contributed by atoms with Crippen LogP contribution in [0.5, 0.6) is 0 Å². The van der Waals surface area contributed by atoms with Crippen LogP contribution in [0, 0.1) is 0 Å². The van der Waals surface area contributed by atoms with E-state index in [-0.39, 0.29) is 0 Å². The first kappa shape index (κ1) is 8.71. The first-order valence-corrected chi connectivity index (χ1v) is 4.21. The van der Waals surface area contributed by atoms with Crippen LogP contribution in [-0.2, 0) is 6.54 Å². The van der Waals surface area contributed by atoms with Crippen molar-refractivity contribution in [1.82, 2.24) is 10.1 Å². The summed E-state index contributed by atoms with van der Waals surface area (Å²) in [4.78, 5) is 4.10. The van der Waals surface area contributed by atoms with Crippen molar-refractivity contribution in [3.63, 3.8) is 0 Å². The Morgan fingerprint density at radius 2 is 2.36 bits per heavy atom. The third-order valence-corrected chi connectivity index (χ3v) is 1.77. The minimum atomic E-state index is 0.388. The number of hydrogen-bond acceptors (Lipinski definition) is 5. The smallest absolute Gasteiger partial charge is 0.179 e. The molecule has 0 unspecified atom stereocenters. The third kappa shape index (κ3) is 1.72. The van der Waals surface area contributed by atoms with Crippen LogP contribution in [0.1, 0.15) is 5.56 Å². The predicted octanol–water partition coefficient (Wildman–Crippen LogP) is 1.27. The van der Waals surface area contributed by atoms with Gasteiger partial charge in [0.1, 0.15) is 12.1 Å². The fourth-order valence-corrected chi connectivity index (χ4v) is 1.06. The van der Waals surface area contributed by atoms with E-state index in [0.717, 1.165) is 11.4 Å². The van der Waals surface area contributed by atoms with E-state index < -0.39 is 0 Å². The molecule has 0 amide bonds. The average molecular weight is 190 g/mol. The number of hydrogen-bond donors (Lipinski definition) is 2. The zero-order chi connectivity index (χ0) is 9.80. The van der Waals surface area contributed by atoms with Gasteiger partial charge in [-0.1, -0.05) is 11.2 Å². The molecule has 0 radical (unpaired) electrons. The minimum Gasteiger partial charge on any atom is -0.362 e. The van der Waals surface area contributed by atoms with E-state index in [9.17, 15) is 0 Å². The molecule has 3 N–H and O–H groups in total.